The van der Waals surface area contributed by atoms with Crippen LogP contribution in [0, 0.1) is 0 Å². The monoisotopic (exact) mass is 330 g/mol. The second-order valence-electron chi connectivity index (χ2n) is 5.35. The Balaban J connectivity index is 1.97. The maximum atomic E-state index is 11.8. The Hall–Kier alpha value is -2.84. The number of aromatic nitrogens is 4. The quantitative estimate of drug-likeness (QED) is 0.508. The topological polar surface area (TPSA) is 116 Å². The molecule has 0 aliphatic heterocycles. The molecule has 0 bridgehead atoms. The normalized spacial score (nSPS) is 11.1. The molecular formula is C16H18N4O4. The molecular weight excluding hydrogens is 312 g/mol. The van der Waals surface area contributed by atoms with E-state index in [1.807, 2.05) is 24.3 Å². The van der Waals surface area contributed by atoms with Gasteiger partial charge in [-0.2, -0.15) is 0 Å². The van der Waals surface area contributed by atoms with Crippen LogP contribution >= 0.6 is 0 Å². The third-order valence-corrected chi connectivity index (χ3v) is 3.71. The van der Waals surface area contributed by atoms with Gasteiger partial charge in [-0.05, 0) is 6.07 Å². The Labute approximate surface area is 136 Å². The minimum atomic E-state index is -0.216. The third kappa shape index (κ3) is 3.10. The first-order valence-electron chi connectivity index (χ1n) is 7.54. The lowest BCUT2D eigenvalue weighted by molar-refractivity contribution is 0.267. The van der Waals surface area contributed by atoms with E-state index >= 15 is 0 Å². The summed E-state index contributed by atoms with van der Waals surface area (Å²) in [6, 6.07) is 10.3. The van der Waals surface area contributed by atoms with Gasteiger partial charge in [0.15, 0.2) is 0 Å². The van der Waals surface area contributed by atoms with E-state index in [2.05, 4.69) is 10.2 Å². The molecule has 0 atom stereocenters. The summed E-state index contributed by atoms with van der Waals surface area (Å²) in [5, 5.41) is 23.8. The SMILES string of the molecule is O=c1cc(-c2cccc(-c3cc(=O)n(CCO)[nH]3)c2)[nH]n1CCO. The van der Waals surface area contributed by atoms with Crippen molar-refractivity contribution in [2.45, 2.75) is 13.1 Å². The van der Waals surface area contributed by atoms with Crippen LogP contribution in [0.1, 0.15) is 0 Å². The van der Waals surface area contributed by atoms with E-state index in [0.717, 1.165) is 11.1 Å². The minimum Gasteiger partial charge on any atom is -0.394 e. The molecule has 2 aromatic heterocycles. The molecule has 0 unspecified atom stereocenters. The van der Waals surface area contributed by atoms with Gasteiger partial charge in [0.05, 0.1) is 37.7 Å². The number of benzene rings is 1. The van der Waals surface area contributed by atoms with E-state index in [9.17, 15) is 9.59 Å². The molecule has 3 aromatic rings. The predicted molar refractivity (Wildman–Crippen MR) is 88.7 cm³/mol. The van der Waals surface area contributed by atoms with Crippen molar-refractivity contribution in [1.82, 2.24) is 19.6 Å². The highest BCUT2D eigenvalue weighted by molar-refractivity contribution is 5.69. The standard InChI is InChI=1S/C16H18N4O4/c21-6-4-19-15(23)9-13(17-19)11-2-1-3-12(8-11)14-10-16(24)20(18-14)5-7-22/h1-3,8-10,17-18,21-22H,4-7H2. The summed E-state index contributed by atoms with van der Waals surface area (Å²) in [5.41, 5.74) is 2.41. The number of aromatic amines is 2. The van der Waals surface area contributed by atoms with Crippen molar-refractivity contribution in [2.75, 3.05) is 13.2 Å². The van der Waals surface area contributed by atoms with Gasteiger partial charge in [0.25, 0.3) is 11.1 Å². The average molecular weight is 330 g/mol. The summed E-state index contributed by atoms with van der Waals surface area (Å²) in [6.45, 7) is 0.157. The van der Waals surface area contributed by atoms with Crippen LogP contribution in [0.2, 0.25) is 0 Å². The van der Waals surface area contributed by atoms with E-state index in [-0.39, 0.29) is 37.4 Å². The molecule has 1 aromatic carbocycles. The molecule has 8 nitrogen and oxygen atoms in total. The number of nitrogens with zero attached hydrogens (tertiary/aromatic N) is 2. The highest BCUT2D eigenvalue weighted by atomic mass is 16.3. The summed E-state index contributed by atoms with van der Waals surface area (Å²) >= 11 is 0. The van der Waals surface area contributed by atoms with Crippen LogP contribution in [0.4, 0.5) is 0 Å². The molecule has 3 rings (SSSR count). The smallest absolute Gasteiger partial charge is 0.267 e. The van der Waals surface area contributed by atoms with Crippen LogP contribution in [0.3, 0.4) is 0 Å². The Kier molecular flexibility index (Phi) is 4.50. The molecule has 2 heterocycles. The van der Waals surface area contributed by atoms with Crippen molar-refractivity contribution < 1.29 is 10.2 Å². The van der Waals surface area contributed by atoms with Crippen molar-refractivity contribution >= 4 is 0 Å². The zero-order chi connectivity index (χ0) is 17.1. The van der Waals surface area contributed by atoms with Crippen molar-refractivity contribution in [3.63, 3.8) is 0 Å². The Morgan fingerprint density at radius 1 is 0.792 bits per heavy atom. The van der Waals surface area contributed by atoms with Gasteiger partial charge in [0, 0.05) is 23.3 Å². The second kappa shape index (κ2) is 6.73. The van der Waals surface area contributed by atoms with Crippen LogP contribution in [0.5, 0.6) is 0 Å². The van der Waals surface area contributed by atoms with Crippen LogP contribution in [0.15, 0.2) is 46.0 Å². The Morgan fingerprint density at radius 2 is 1.25 bits per heavy atom. The van der Waals surface area contributed by atoms with E-state index in [1.165, 1.54) is 21.5 Å². The molecule has 126 valence electrons. The lowest BCUT2D eigenvalue weighted by Crippen LogP contribution is -2.17. The van der Waals surface area contributed by atoms with E-state index in [0.29, 0.717) is 11.4 Å². The lowest BCUT2D eigenvalue weighted by atomic mass is 10.1. The molecule has 8 heteroatoms. The first kappa shape index (κ1) is 16.0. The largest absolute Gasteiger partial charge is 0.394 e. The fraction of sp³-hybridized carbons (Fsp3) is 0.250. The Morgan fingerprint density at radius 3 is 1.67 bits per heavy atom. The molecule has 0 amide bonds. The molecule has 0 radical (unpaired) electrons. The average Bonchev–Trinajstić information content (AvgIpc) is 3.12. The van der Waals surface area contributed by atoms with Gasteiger partial charge < -0.3 is 10.2 Å². The summed E-state index contributed by atoms with van der Waals surface area (Å²) in [6.07, 6.45) is 0. The van der Waals surface area contributed by atoms with E-state index in [4.69, 9.17) is 10.2 Å². The van der Waals surface area contributed by atoms with Crippen molar-refractivity contribution in [3.05, 3.63) is 57.1 Å². The van der Waals surface area contributed by atoms with Gasteiger partial charge in [0.2, 0.25) is 0 Å². The fourth-order valence-corrected chi connectivity index (χ4v) is 2.55. The lowest BCUT2D eigenvalue weighted by Gasteiger charge is -2.03. The van der Waals surface area contributed by atoms with Crippen LogP contribution in [0.25, 0.3) is 22.5 Å². The number of aliphatic hydroxyl groups excluding tert-OH is 2. The van der Waals surface area contributed by atoms with Crippen LogP contribution in [-0.4, -0.2) is 43.0 Å². The molecule has 0 aliphatic rings. The van der Waals surface area contributed by atoms with Gasteiger partial charge in [-0.25, -0.2) is 0 Å². The zero-order valence-corrected chi connectivity index (χ0v) is 12.9. The highest BCUT2D eigenvalue weighted by Gasteiger charge is 2.09. The first-order valence-corrected chi connectivity index (χ1v) is 7.54. The number of rotatable bonds is 6. The number of aliphatic hydroxyl groups is 2. The summed E-state index contributed by atoms with van der Waals surface area (Å²) in [4.78, 5) is 23.6. The van der Waals surface area contributed by atoms with Crippen LogP contribution < -0.4 is 11.1 Å². The Bertz CT molecular complexity index is 874. The van der Waals surface area contributed by atoms with Gasteiger partial charge >= 0.3 is 0 Å². The van der Waals surface area contributed by atoms with Crippen LogP contribution in [-0.2, 0) is 13.1 Å². The fourth-order valence-electron chi connectivity index (χ4n) is 2.55. The van der Waals surface area contributed by atoms with Gasteiger partial charge in [-0.3, -0.25) is 29.2 Å². The van der Waals surface area contributed by atoms with Crippen molar-refractivity contribution in [2.24, 2.45) is 0 Å². The minimum absolute atomic E-state index is 0.125. The van der Waals surface area contributed by atoms with E-state index < -0.39 is 0 Å². The van der Waals surface area contributed by atoms with Crippen molar-refractivity contribution in [1.29, 1.82) is 0 Å². The number of H-pyrrole nitrogens is 2. The van der Waals surface area contributed by atoms with Gasteiger partial charge in [-0.15, -0.1) is 0 Å². The summed E-state index contributed by atoms with van der Waals surface area (Å²) < 4.78 is 2.67. The first-order chi connectivity index (χ1) is 11.6. The molecule has 0 saturated heterocycles. The summed E-state index contributed by atoms with van der Waals surface area (Å²) in [5.74, 6) is 0. The highest BCUT2D eigenvalue weighted by Crippen LogP contribution is 2.22. The number of hydrogen-bond acceptors (Lipinski definition) is 4. The van der Waals surface area contributed by atoms with E-state index in [1.54, 1.807) is 0 Å². The molecule has 0 saturated carbocycles. The molecule has 0 fully saturated rings. The second-order valence-corrected chi connectivity index (χ2v) is 5.35. The molecule has 0 aliphatic carbocycles. The molecule has 4 N–H and O–H groups in total. The van der Waals surface area contributed by atoms with Gasteiger partial charge in [0.1, 0.15) is 0 Å². The van der Waals surface area contributed by atoms with Gasteiger partial charge in [-0.1, -0.05) is 18.2 Å². The van der Waals surface area contributed by atoms with Crippen molar-refractivity contribution in [3.8, 4) is 22.5 Å². The summed E-state index contributed by atoms with van der Waals surface area (Å²) in [7, 11) is 0. The number of hydrogen-bond donors (Lipinski definition) is 4. The predicted octanol–water partition coefficient (Wildman–Crippen LogP) is -0.0152. The maximum absolute atomic E-state index is 11.8. The molecule has 0 spiro atoms. The third-order valence-electron chi connectivity index (χ3n) is 3.71. The number of nitrogens with one attached hydrogen (secondary N) is 2. The maximum Gasteiger partial charge on any atom is 0.267 e. The molecule has 24 heavy (non-hydrogen) atoms. The zero-order valence-electron chi connectivity index (χ0n) is 12.9.